The molecule has 0 aliphatic rings. The molecule has 0 amide bonds. The van der Waals surface area contributed by atoms with Crippen LogP contribution in [0.15, 0.2) is 58.1 Å². The predicted molar refractivity (Wildman–Crippen MR) is 110 cm³/mol. The fraction of sp³-hybridized carbons (Fsp3) is 0.182. The van der Waals surface area contributed by atoms with Crippen molar-refractivity contribution in [3.05, 3.63) is 69.2 Å². The number of aryl methyl sites for hydroxylation is 2. The van der Waals surface area contributed by atoms with Crippen molar-refractivity contribution < 1.29 is 9.47 Å². The number of fused-ring (bicyclic) bond motifs is 2. The quantitative estimate of drug-likeness (QED) is 0.551. The van der Waals surface area contributed by atoms with Gasteiger partial charge in [-0.2, -0.15) is 0 Å². The molecule has 4 rings (SSSR count). The van der Waals surface area contributed by atoms with Gasteiger partial charge in [-0.1, -0.05) is 0 Å². The molecule has 28 heavy (non-hydrogen) atoms. The van der Waals surface area contributed by atoms with Crippen LogP contribution in [-0.4, -0.2) is 23.4 Å². The van der Waals surface area contributed by atoms with E-state index in [9.17, 15) is 9.59 Å². The predicted octanol–water partition coefficient (Wildman–Crippen LogP) is 3.07. The molecule has 0 radical (unpaired) electrons. The molecule has 142 valence electrons. The van der Waals surface area contributed by atoms with E-state index in [0.717, 1.165) is 21.8 Å². The molecule has 6 heteroatoms. The molecular weight excluding hydrogens is 356 g/mol. The van der Waals surface area contributed by atoms with Crippen LogP contribution >= 0.6 is 0 Å². The van der Waals surface area contributed by atoms with Crippen LogP contribution in [0, 0.1) is 0 Å². The van der Waals surface area contributed by atoms with Gasteiger partial charge in [0.15, 0.2) is 0 Å². The van der Waals surface area contributed by atoms with Crippen molar-refractivity contribution in [1.82, 2.24) is 9.13 Å². The summed E-state index contributed by atoms with van der Waals surface area (Å²) < 4.78 is 13.9. The summed E-state index contributed by atoms with van der Waals surface area (Å²) in [6.45, 7) is 0. The van der Waals surface area contributed by atoms with Gasteiger partial charge in [0.2, 0.25) is 0 Å². The smallest absolute Gasteiger partial charge is 0.251 e. The summed E-state index contributed by atoms with van der Waals surface area (Å²) in [7, 11) is 6.65. The fourth-order valence-electron chi connectivity index (χ4n) is 3.58. The lowest BCUT2D eigenvalue weighted by Crippen LogP contribution is -2.18. The number of hydrogen-bond acceptors (Lipinski definition) is 4. The molecule has 0 atom stereocenters. The summed E-state index contributed by atoms with van der Waals surface area (Å²) in [6, 6.07) is 14.2. The minimum Gasteiger partial charge on any atom is -0.497 e. The van der Waals surface area contributed by atoms with Crippen molar-refractivity contribution in [3.8, 4) is 22.6 Å². The van der Waals surface area contributed by atoms with Crippen LogP contribution in [0.3, 0.4) is 0 Å². The van der Waals surface area contributed by atoms with Gasteiger partial charge in [-0.15, -0.1) is 0 Å². The first-order chi connectivity index (χ1) is 13.4. The van der Waals surface area contributed by atoms with E-state index >= 15 is 0 Å². The Hall–Kier alpha value is -3.54. The van der Waals surface area contributed by atoms with Crippen molar-refractivity contribution >= 4 is 21.8 Å². The van der Waals surface area contributed by atoms with Gasteiger partial charge in [0.25, 0.3) is 11.1 Å². The molecule has 4 aromatic rings. The van der Waals surface area contributed by atoms with Gasteiger partial charge in [-0.05, 0) is 47.5 Å². The average molecular weight is 376 g/mol. The minimum absolute atomic E-state index is 0.149. The van der Waals surface area contributed by atoms with E-state index in [4.69, 9.17) is 9.47 Å². The van der Waals surface area contributed by atoms with Gasteiger partial charge in [0.05, 0.1) is 25.3 Å². The Kier molecular flexibility index (Phi) is 4.19. The highest BCUT2D eigenvalue weighted by Crippen LogP contribution is 2.34. The summed E-state index contributed by atoms with van der Waals surface area (Å²) in [5, 5.41) is 1.66. The van der Waals surface area contributed by atoms with E-state index in [1.165, 1.54) is 0 Å². The Labute approximate surface area is 161 Å². The summed E-state index contributed by atoms with van der Waals surface area (Å²) in [4.78, 5) is 25.2. The van der Waals surface area contributed by atoms with Crippen LogP contribution in [-0.2, 0) is 14.1 Å². The second-order valence-corrected chi connectivity index (χ2v) is 6.68. The van der Waals surface area contributed by atoms with Crippen molar-refractivity contribution in [3.63, 3.8) is 0 Å². The lowest BCUT2D eigenvalue weighted by Gasteiger charge is -2.15. The zero-order chi connectivity index (χ0) is 20.0. The lowest BCUT2D eigenvalue weighted by molar-refractivity contribution is 0.415. The number of aromatic nitrogens is 2. The lowest BCUT2D eigenvalue weighted by atomic mass is 9.97. The van der Waals surface area contributed by atoms with E-state index in [2.05, 4.69) is 0 Å². The molecule has 2 aromatic carbocycles. The van der Waals surface area contributed by atoms with E-state index < -0.39 is 0 Å². The molecule has 0 unspecified atom stereocenters. The van der Waals surface area contributed by atoms with E-state index in [-0.39, 0.29) is 11.1 Å². The number of benzene rings is 2. The molecule has 0 bridgehead atoms. The normalized spacial score (nSPS) is 11.1. The molecule has 0 fully saturated rings. The highest BCUT2D eigenvalue weighted by atomic mass is 16.5. The van der Waals surface area contributed by atoms with Crippen molar-refractivity contribution in [2.24, 2.45) is 14.1 Å². The standard InChI is InChI=1S/C22H20N2O4/c1-23-19-7-5-13(27-3)9-17(19)15(11-21(23)25)16-12-22(26)24(2)20-8-6-14(28-4)10-18(16)20/h5-12H,1-4H3. The Morgan fingerprint density at radius 3 is 1.39 bits per heavy atom. The molecule has 0 aliphatic carbocycles. The molecule has 0 spiro atoms. The van der Waals surface area contributed by atoms with Crippen LogP contribution in [0.1, 0.15) is 0 Å². The van der Waals surface area contributed by atoms with Crippen molar-refractivity contribution in [1.29, 1.82) is 0 Å². The molecule has 0 aliphatic heterocycles. The van der Waals surface area contributed by atoms with E-state index in [0.29, 0.717) is 22.6 Å². The van der Waals surface area contributed by atoms with Gasteiger partial charge in [-0.25, -0.2) is 0 Å². The van der Waals surface area contributed by atoms with Crippen molar-refractivity contribution in [2.75, 3.05) is 14.2 Å². The van der Waals surface area contributed by atoms with Crippen LogP contribution < -0.4 is 20.6 Å². The zero-order valence-corrected chi connectivity index (χ0v) is 16.1. The Morgan fingerprint density at radius 2 is 1.04 bits per heavy atom. The molecule has 0 saturated heterocycles. The first-order valence-corrected chi connectivity index (χ1v) is 8.80. The van der Waals surface area contributed by atoms with Gasteiger partial charge >= 0.3 is 0 Å². The third-order valence-electron chi connectivity index (χ3n) is 5.20. The largest absolute Gasteiger partial charge is 0.497 e. The van der Waals surface area contributed by atoms with Gasteiger partial charge in [0.1, 0.15) is 11.5 Å². The first kappa shape index (κ1) is 17.9. The Balaban J connectivity index is 2.21. The minimum atomic E-state index is -0.149. The van der Waals surface area contributed by atoms with E-state index in [1.807, 2.05) is 36.4 Å². The number of rotatable bonds is 3. The molecule has 0 N–H and O–H groups in total. The average Bonchev–Trinajstić information content (AvgIpc) is 2.72. The molecule has 6 nitrogen and oxygen atoms in total. The fourth-order valence-corrected chi connectivity index (χ4v) is 3.58. The molecule has 2 aromatic heterocycles. The Bertz CT molecular complexity index is 1240. The number of methoxy groups -OCH3 is 2. The summed E-state index contributed by atoms with van der Waals surface area (Å²) in [5.74, 6) is 1.36. The van der Waals surface area contributed by atoms with E-state index in [1.54, 1.807) is 49.6 Å². The number of nitrogens with zero attached hydrogens (tertiary/aromatic N) is 2. The molecular formula is C22H20N2O4. The van der Waals surface area contributed by atoms with Gasteiger partial charge < -0.3 is 18.6 Å². The third kappa shape index (κ3) is 2.65. The second-order valence-electron chi connectivity index (χ2n) is 6.68. The van der Waals surface area contributed by atoms with Crippen LogP contribution in [0.2, 0.25) is 0 Å². The third-order valence-corrected chi connectivity index (χ3v) is 5.20. The zero-order valence-electron chi connectivity index (χ0n) is 16.1. The number of hydrogen-bond donors (Lipinski definition) is 0. The van der Waals surface area contributed by atoms with Crippen molar-refractivity contribution in [2.45, 2.75) is 0 Å². The number of pyridine rings is 2. The maximum atomic E-state index is 12.6. The van der Waals surface area contributed by atoms with Gasteiger partial charge in [-0.3, -0.25) is 9.59 Å². The first-order valence-electron chi connectivity index (χ1n) is 8.80. The molecule has 2 heterocycles. The highest BCUT2D eigenvalue weighted by Gasteiger charge is 2.15. The molecule has 0 saturated carbocycles. The van der Waals surface area contributed by atoms with Crippen LogP contribution in [0.25, 0.3) is 32.9 Å². The monoisotopic (exact) mass is 376 g/mol. The van der Waals surface area contributed by atoms with Gasteiger partial charge in [0, 0.05) is 37.0 Å². The summed E-state index contributed by atoms with van der Waals surface area (Å²) >= 11 is 0. The maximum absolute atomic E-state index is 12.6. The maximum Gasteiger partial charge on any atom is 0.251 e. The Morgan fingerprint density at radius 1 is 0.643 bits per heavy atom. The highest BCUT2D eigenvalue weighted by molar-refractivity contribution is 6.04. The summed E-state index contributed by atoms with van der Waals surface area (Å²) in [5.41, 5.74) is 2.61. The number of ether oxygens (including phenoxy) is 2. The van der Waals surface area contributed by atoms with Crippen LogP contribution in [0.4, 0.5) is 0 Å². The topological polar surface area (TPSA) is 62.5 Å². The second kappa shape index (κ2) is 6.56. The SMILES string of the molecule is COc1ccc2c(c1)c(-c1cc(=O)n(C)c3ccc(OC)cc13)cc(=O)n2C. The van der Waals surface area contributed by atoms with Crippen LogP contribution in [0.5, 0.6) is 11.5 Å². The summed E-state index contributed by atoms with van der Waals surface area (Å²) in [6.07, 6.45) is 0.